The van der Waals surface area contributed by atoms with Crippen LogP contribution in [0.1, 0.15) is 11.1 Å². The maximum Gasteiger partial charge on any atom is 0.262 e. The quantitative estimate of drug-likeness (QED) is 0.391. The van der Waals surface area contributed by atoms with Crippen molar-refractivity contribution in [3.63, 3.8) is 0 Å². The number of nitrogens with zero attached hydrogens (tertiary/aromatic N) is 3. The Hall–Kier alpha value is -3.23. The van der Waals surface area contributed by atoms with Gasteiger partial charge in [-0.25, -0.2) is 8.78 Å². The fourth-order valence-corrected chi connectivity index (χ4v) is 3.32. The number of amides is 1. The van der Waals surface area contributed by atoms with E-state index in [9.17, 15) is 18.4 Å². The molecular weight excluding hydrogens is 463 g/mol. The third-order valence-corrected chi connectivity index (χ3v) is 5.00. The van der Waals surface area contributed by atoms with E-state index in [-0.39, 0.29) is 38.5 Å². The van der Waals surface area contributed by atoms with Crippen molar-refractivity contribution >= 4 is 34.8 Å². The highest BCUT2D eigenvalue weighted by molar-refractivity contribution is 6.37. The molecule has 0 fully saturated rings. The molecule has 0 aliphatic carbocycles. The lowest BCUT2D eigenvalue weighted by Crippen LogP contribution is -2.26. The monoisotopic (exact) mass is 479 g/mol. The Bertz CT molecular complexity index is 1240. The molecule has 1 aromatic heterocycles. The molecule has 10 heteroatoms. The summed E-state index contributed by atoms with van der Waals surface area (Å²) in [6.45, 7) is -0.407. The fourth-order valence-electron chi connectivity index (χ4n) is 2.74. The van der Waals surface area contributed by atoms with E-state index in [1.165, 1.54) is 33.9 Å². The maximum atomic E-state index is 14.6. The van der Waals surface area contributed by atoms with Crippen molar-refractivity contribution in [3.8, 4) is 5.69 Å². The highest BCUT2D eigenvalue weighted by atomic mass is 35.5. The lowest BCUT2D eigenvalue weighted by atomic mass is 10.0. The van der Waals surface area contributed by atoms with E-state index in [1.54, 1.807) is 32.3 Å². The Kier molecular flexibility index (Phi) is 7.27. The largest absolute Gasteiger partial charge is 0.385 e. The summed E-state index contributed by atoms with van der Waals surface area (Å²) in [5.74, 6) is -2.05. The second-order valence-corrected chi connectivity index (χ2v) is 7.64. The van der Waals surface area contributed by atoms with Gasteiger partial charge in [-0.05, 0) is 30.3 Å². The maximum absolute atomic E-state index is 14.6. The molecule has 166 valence electrons. The molecule has 32 heavy (non-hydrogen) atoms. The molecule has 0 N–H and O–H groups in total. The second kappa shape index (κ2) is 9.93. The third kappa shape index (κ3) is 5.15. The van der Waals surface area contributed by atoms with E-state index >= 15 is 0 Å². The molecule has 0 atom stereocenters. The Morgan fingerprint density at radius 1 is 1.09 bits per heavy atom. The van der Waals surface area contributed by atoms with Gasteiger partial charge in [-0.2, -0.15) is 0 Å². The molecule has 0 spiro atoms. The zero-order chi connectivity index (χ0) is 23.4. The molecule has 3 aromatic rings. The van der Waals surface area contributed by atoms with Crippen LogP contribution in [0.15, 0.2) is 64.7 Å². The van der Waals surface area contributed by atoms with Gasteiger partial charge in [-0.1, -0.05) is 34.4 Å². The van der Waals surface area contributed by atoms with Crippen LogP contribution in [0.25, 0.3) is 5.69 Å². The number of oxime groups is 1. The van der Waals surface area contributed by atoms with E-state index in [1.807, 2.05) is 0 Å². The van der Waals surface area contributed by atoms with Crippen LogP contribution in [-0.2, 0) is 9.63 Å². The summed E-state index contributed by atoms with van der Waals surface area (Å²) < 4.78 is 29.2. The molecule has 3 rings (SSSR count). The van der Waals surface area contributed by atoms with E-state index in [0.29, 0.717) is 6.07 Å². The van der Waals surface area contributed by atoms with E-state index in [0.717, 1.165) is 6.07 Å². The molecule has 0 radical (unpaired) electrons. The normalized spacial score (nSPS) is 11.4. The van der Waals surface area contributed by atoms with E-state index < -0.39 is 23.8 Å². The van der Waals surface area contributed by atoms with Crippen LogP contribution in [0.3, 0.4) is 0 Å². The molecule has 0 unspecified atom stereocenters. The summed E-state index contributed by atoms with van der Waals surface area (Å²) in [5.41, 5.74) is -0.148. The number of carbonyl (C=O) groups excluding carboxylic acids is 1. The first-order chi connectivity index (χ1) is 15.2. The second-order valence-electron chi connectivity index (χ2n) is 6.82. The molecule has 0 saturated heterocycles. The summed E-state index contributed by atoms with van der Waals surface area (Å²) in [6.07, 6.45) is 1.36. The van der Waals surface area contributed by atoms with Crippen LogP contribution in [0.2, 0.25) is 10.0 Å². The van der Waals surface area contributed by atoms with E-state index in [2.05, 4.69) is 5.16 Å². The number of carbonyl (C=O) groups is 1. The van der Waals surface area contributed by atoms with Crippen LogP contribution < -0.4 is 5.56 Å². The van der Waals surface area contributed by atoms with Crippen LogP contribution in [0.4, 0.5) is 8.78 Å². The van der Waals surface area contributed by atoms with Crippen LogP contribution in [0, 0.1) is 11.6 Å². The number of hydrogen-bond donors (Lipinski definition) is 0. The Balaban J connectivity index is 2.15. The predicted molar refractivity (Wildman–Crippen MR) is 119 cm³/mol. The number of rotatable bonds is 6. The molecule has 0 aliphatic heterocycles. The smallest absolute Gasteiger partial charge is 0.262 e. The Morgan fingerprint density at radius 2 is 1.78 bits per heavy atom. The van der Waals surface area contributed by atoms with Crippen LogP contribution in [-0.4, -0.2) is 41.8 Å². The molecular formula is C22H17Cl2F2N3O3. The van der Waals surface area contributed by atoms with Gasteiger partial charge in [0, 0.05) is 43.6 Å². The average molecular weight is 480 g/mol. The van der Waals surface area contributed by atoms with Crippen molar-refractivity contribution in [1.82, 2.24) is 9.47 Å². The lowest BCUT2D eigenvalue weighted by molar-refractivity contribution is -0.133. The van der Waals surface area contributed by atoms with Gasteiger partial charge in [0.25, 0.3) is 11.5 Å². The van der Waals surface area contributed by atoms with Gasteiger partial charge in [0.1, 0.15) is 17.3 Å². The lowest BCUT2D eigenvalue weighted by Gasteiger charge is -2.14. The highest BCUT2D eigenvalue weighted by Gasteiger charge is 2.18. The number of likely N-dealkylation sites (N-methyl/N-ethyl adjacent to an activating group) is 1. The van der Waals surface area contributed by atoms with Crippen molar-refractivity contribution in [2.75, 3.05) is 20.7 Å². The van der Waals surface area contributed by atoms with Crippen molar-refractivity contribution in [1.29, 1.82) is 0 Å². The van der Waals surface area contributed by atoms with Gasteiger partial charge in [0.05, 0.1) is 15.7 Å². The number of halogens is 4. The predicted octanol–water partition coefficient (Wildman–Crippen LogP) is 4.28. The average Bonchev–Trinajstić information content (AvgIpc) is 2.73. The SMILES string of the molecule is CN(C)C(=O)CO/N=C(\c1ccc(=O)n(-c2c(Cl)cccc2Cl)c1)c1ccc(F)cc1F. The molecule has 0 bridgehead atoms. The van der Waals surface area contributed by atoms with Crippen molar-refractivity contribution < 1.29 is 18.4 Å². The van der Waals surface area contributed by atoms with Gasteiger partial charge in [-0.3, -0.25) is 14.2 Å². The standard InChI is InChI=1S/C22H17Cl2F2N3O3/c1-28(2)20(31)12-32-27-21(15-8-7-14(25)10-18(15)26)13-6-9-19(30)29(11-13)22-16(23)4-3-5-17(22)24/h3-11H,12H2,1-2H3/b27-21+. The molecule has 0 aliphatic rings. The summed E-state index contributed by atoms with van der Waals surface area (Å²) in [5, 5.41) is 4.35. The Morgan fingerprint density at radius 3 is 2.41 bits per heavy atom. The first-order valence-electron chi connectivity index (χ1n) is 9.22. The van der Waals surface area contributed by atoms with Gasteiger partial charge in [-0.15, -0.1) is 0 Å². The number of hydrogen-bond acceptors (Lipinski definition) is 4. The molecule has 1 amide bonds. The zero-order valence-corrected chi connectivity index (χ0v) is 18.5. The number of aromatic nitrogens is 1. The number of benzene rings is 2. The molecule has 2 aromatic carbocycles. The van der Waals surface area contributed by atoms with Crippen molar-refractivity contribution in [2.24, 2.45) is 5.16 Å². The minimum atomic E-state index is -0.903. The fraction of sp³-hybridized carbons (Fsp3) is 0.136. The van der Waals surface area contributed by atoms with E-state index in [4.69, 9.17) is 28.0 Å². The highest BCUT2D eigenvalue weighted by Crippen LogP contribution is 2.27. The zero-order valence-electron chi connectivity index (χ0n) is 17.0. The first kappa shape index (κ1) is 23.4. The molecule has 6 nitrogen and oxygen atoms in total. The summed E-state index contributed by atoms with van der Waals surface area (Å²) >= 11 is 12.5. The minimum Gasteiger partial charge on any atom is -0.385 e. The van der Waals surface area contributed by atoms with Crippen LogP contribution in [0.5, 0.6) is 0 Å². The van der Waals surface area contributed by atoms with Crippen molar-refractivity contribution in [3.05, 3.63) is 97.9 Å². The first-order valence-corrected chi connectivity index (χ1v) is 9.97. The van der Waals surface area contributed by atoms with Gasteiger partial charge < -0.3 is 9.74 Å². The minimum absolute atomic E-state index is 0.0639. The number of pyridine rings is 1. The number of para-hydroxylation sites is 1. The topological polar surface area (TPSA) is 63.9 Å². The molecule has 1 heterocycles. The van der Waals surface area contributed by atoms with Gasteiger partial charge >= 0.3 is 0 Å². The van der Waals surface area contributed by atoms with Gasteiger partial charge in [0.2, 0.25) is 0 Å². The summed E-state index contributed by atoms with van der Waals surface area (Å²) in [4.78, 5) is 30.8. The van der Waals surface area contributed by atoms with Crippen molar-refractivity contribution in [2.45, 2.75) is 0 Å². The third-order valence-electron chi connectivity index (χ3n) is 4.39. The summed E-state index contributed by atoms with van der Waals surface area (Å²) in [6, 6.07) is 10.3. The summed E-state index contributed by atoms with van der Waals surface area (Å²) in [7, 11) is 3.08. The van der Waals surface area contributed by atoms with Gasteiger partial charge in [0.15, 0.2) is 6.61 Å². The molecule has 0 saturated carbocycles. The van der Waals surface area contributed by atoms with Crippen LogP contribution >= 0.6 is 23.2 Å². The Labute approximate surface area is 192 Å².